The first kappa shape index (κ1) is 13.5. The zero-order valence-electron chi connectivity index (χ0n) is 10.0. The Morgan fingerprint density at radius 2 is 2.00 bits per heavy atom. The number of hydrogen-bond acceptors (Lipinski definition) is 3. The zero-order chi connectivity index (χ0) is 14.7. The smallest absolute Gasteiger partial charge is 0.335 e. The Bertz CT molecular complexity index is 739. The summed E-state index contributed by atoms with van der Waals surface area (Å²) in [6, 6.07) is 4.22. The Labute approximate surface area is 111 Å². The van der Waals surface area contributed by atoms with Gasteiger partial charge < -0.3 is 15.4 Å². The van der Waals surface area contributed by atoms with Crippen molar-refractivity contribution in [1.82, 2.24) is 4.98 Å². The van der Waals surface area contributed by atoms with Crippen molar-refractivity contribution >= 4 is 17.6 Å². The number of carboxylic acid groups (broad SMARTS) is 1. The van der Waals surface area contributed by atoms with E-state index in [1.807, 2.05) is 0 Å². The second-order valence-electron chi connectivity index (χ2n) is 3.88. The van der Waals surface area contributed by atoms with E-state index in [0.29, 0.717) is 0 Å². The number of halogens is 1. The molecule has 0 fully saturated rings. The first-order chi connectivity index (χ1) is 9.49. The number of benzene rings is 1. The van der Waals surface area contributed by atoms with Crippen LogP contribution in [0.1, 0.15) is 20.7 Å². The summed E-state index contributed by atoms with van der Waals surface area (Å²) in [5, 5.41) is 10.9. The topological polar surface area (TPSA) is 99.3 Å². The van der Waals surface area contributed by atoms with Crippen LogP contribution >= 0.6 is 0 Å². The van der Waals surface area contributed by atoms with Gasteiger partial charge in [0.25, 0.3) is 5.91 Å². The molecular weight excluding hydrogens is 267 g/mol. The number of amides is 1. The molecular formula is C13H9FN2O4. The minimum atomic E-state index is -1.28. The van der Waals surface area contributed by atoms with Crippen LogP contribution in [0.3, 0.4) is 0 Å². The molecule has 0 saturated heterocycles. The SMILES string of the molecule is O=C(O)c1ccc(NC(=O)c2c[nH]ccc2=O)c(F)c1. The maximum Gasteiger partial charge on any atom is 0.335 e. The number of pyridine rings is 1. The van der Waals surface area contributed by atoms with Gasteiger partial charge in [0.15, 0.2) is 5.43 Å². The standard InChI is InChI=1S/C13H9FN2O4/c14-9-5-7(13(19)20)1-2-10(9)16-12(18)8-6-15-4-3-11(8)17/h1-6H,(H,15,17)(H,16,18)(H,19,20). The number of aromatic carboxylic acids is 1. The number of anilines is 1. The number of H-pyrrole nitrogens is 1. The molecule has 6 nitrogen and oxygen atoms in total. The Morgan fingerprint density at radius 3 is 2.60 bits per heavy atom. The lowest BCUT2D eigenvalue weighted by atomic mass is 10.2. The van der Waals surface area contributed by atoms with Gasteiger partial charge in [-0.2, -0.15) is 0 Å². The number of carbonyl (C=O) groups excluding carboxylic acids is 1. The summed E-state index contributed by atoms with van der Waals surface area (Å²) in [6.45, 7) is 0. The lowest BCUT2D eigenvalue weighted by Crippen LogP contribution is -2.21. The molecule has 0 aliphatic rings. The van der Waals surface area contributed by atoms with Crippen LogP contribution in [0.15, 0.2) is 41.5 Å². The highest BCUT2D eigenvalue weighted by Crippen LogP contribution is 2.16. The number of nitrogens with one attached hydrogen (secondary N) is 2. The Hall–Kier alpha value is -2.96. The van der Waals surface area contributed by atoms with Crippen molar-refractivity contribution in [2.24, 2.45) is 0 Å². The first-order valence-corrected chi connectivity index (χ1v) is 5.50. The van der Waals surface area contributed by atoms with Gasteiger partial charge in [-0.1, -0.05) is 0 Å². The van der Waals surface area contributed by atoms with E-state index >= 15 is 0 Å². The second-order valence-corrected chi connectivity index (χ2v) is 3.88. The van der Waals surface area contributed by atoms with Gasteiger partial charge in [-0.3, -0.25) is 9.59 Å². The summed E-state index contributed by atoms with van der Waals surface area (Å²) in [5.41, 5.74) is -1.13. The van der Waals surface area contributed by atoms with Crippen molar-refractivity contribution in [2.75, 3.05) is 5.32 Å². The van der Waals surface area contributed by atoms with E-state index in [1.165, 1.54) is 18.5 Å². The first-order valence-electron chi connectivity index (χ1n) is 5.50. The summed E-state index contributed by atoms with van der Waals surface area (Å²) in [6.07, 6.45) is 2.56. The third-order valence-electron chi connectivity index (χ3n) is 2.53. The molecule has 0 saturated carbocycles. The zero-order valence-corrected chi connectivity index (χ0v) is 10.0. The molecule has 1 heterocycles. The second kappa shape index (κ2) is 5.35. The Kier molecular flexibility index (Phi) is 3.60. The summed E-state index contributed by atoms with van der Waals surface area (Å²) in [7, 11) is 0. The molecule has 0 aliphatic carbocycles. The van der Waals surface area contributed by atoms with Crippen molar-refractivity contribution in [3.8, 4) is 0 Å². The average molecular weight is 276 g/mol. The fourth-order valence-corrected chi connectivity index (χ4v) is 1.53. The van der Waals surface area contributed by atoms with Crippen molar-refractivity contribution in [3.05, 3.63) is 63.8 Å². The van der Waals surface area contributed by atoms with E-state index in [4.69, 9.17) is 5.11 Å². The number of rotatable bonds is 3. The van der Waals surface area contributed by atoms with E-state index in [9.17, 15) is 18.8 Å². The third-order valence-corrected chi connectivity index (χ3v) is 2.53. The molecule has 1 amide bonds. The van der Waals surface area contributed by atoms with E-state index in [0.717, 1.165) is 18.2 Å². The third kappa shape index (κ3) is 2.72. The fourth-order valence-electron chi connectivity index (χ4n) is 1.53. The maximum atomic E-state index is 13.6. The molecule has 2 aromatic rings. The molecule has 0 spiro atoms. The largest absolute Gasteiger partial charge is 0.478 e. The van der Waals surface area contributed by atoms with Crippen LogP contribution in [0.4, 0.5) is 10.1 Å². The summed E-state index contributed by atoms with van der Waals surface area (Å²) in [4.78, 5) is 36.4. The normalized spacial score (nSPS) is 10.1. The lowest BCUT2D eigenvalue weighted by Gasteiger charge is -2.06. The lowest BCUT2D eigenvalue weighted by molar-refractivity contribution is 0.0696. The summed E-state index contributed by atoms with van der Waals surface area (Å²) >= 11 is 0. The van der Waals surface area contributed by atoms with E-state index in [1.54, 1.807) is 0 Å². The summed E-state index contributed by atoms with van der Waals surface area (Å²) < 4.78 is 13.6. The van der Waals surface area contributed by atoms with Crippen molar-refractivity contribution in [3.63, 3.8) is 0 Å². The molecule has 0 unspecified atom stereocenters. The molecule has 0 radical (unpaired) electrons. The molecule has 0 atom stereocenters. The van der Waals surface area contributed by atoms with Gasteiger partial charge in [0.1, 0.15) is 11.4 Å². The van der Waals surface area contributed by atoms with Crippen LogP contribution in [0.5, 0.6) is 0 Å². The molecule has 102 valence electrons. The van der Waals surface area contributed by atoms with Crippen LogP contribution in [-0.2, 0) is 0 Å². The van der Waals surface area contributed by atoms with Gasteiger partial charge in [0.05, 0.1) is 11.3 Å². The molecule has 2 rings (SSSR count). The molecule has 7 heteroatoms. The Morgan fingerprint density at radius 1 is 1.25 bits per heavy atom. The highest BCUT2D eigenvalue weighted by molar-refractivity contribution is 6.04. The Balaban J connectivity index is 2.27. The molecule has 0 bridgehead atoms. The van der Waals surface area contributed by atoms with E-state index < -0.39 is 23.1 Å². The van der Waals surface area contributed by atoms with Gasteiger partial charge in [0, 0.05) is 18.5 Å². The molecule has 3 N–H and O–H groups in total. The molecule has 1 aromatic heterocycles. The van der Waals surface area contributed by atoms with Crippen LogP contribution in [0.25, 0.3) is 0 Å². The van der Waals surface area contributed by atoms with Crippen LogP contribution in [-0.4, -0.2) is 22.0 Å². The number of aromatic nitrogens is 1. The quantitative estimate of drug-likeness (QED) is 0.790. The van der Waals surface area contributed by atoms with Gasteiger partial charge in [-0.25, -0.2) is 9.18 Å². The molecule has 0 aliphatic heterocycles. The minimum absolute atomic E-state index is 0.172. The maximum absolute atomic E-state index is 13.6. The number of carboxylic acids is 1. The van der Waals surface area contributed by atoms with Gasteiger partial charge in [0.2, 0.25) is 0 Å². The monoisotopic (exact) mass is 276 g/mol. The average Bonchev–Trinajstić information content (AvgIpc) is 2.41. The minimum Gasteiger partial charge on any atom is -0.478 e. The number of hydrogen-bond donors (Lipinski definition) is 3. The highest BCUT2D eigenvalue weighted by atomic mass is 19.1. The van der Waals surface area contributed by atoms with Crippen LogP contribution in [0, 0.1) is 5.82 Å². The summed E-state index contributed by atoms with van der Waals surface area (Å²) in [5.74, 6) is -2.96. The van der Waals surface area contributed by atoms with Crippen molar-refractivity contribution in [2.45, 2.75) is 0 Å². The number of carbonyl (C=O) groups is 2. The molecule has 20 heavy (non-hydrogen) atoms. The van der Waals surface area contributed by atoms with E-state index in [-0.39, 0.29) is 16.8 Å². The van der Waals surface area contributed by atoms with Gasteiger partial charge >= 0.3 is 5.97 Å². The van der Waals surface area contributed by atoms with Crippen LogP contribution in [0.2, 0.25) is 0 Å². The van der Waals surface area contributed by atoms with Crippen LogP contribution < -0.4 is 10.7 Å². The van der Waals surface area contributed by atoms with Crippen molar-refractivity contribution < 1.29 is 19.1 Å². The number of aromatic amines is 1. The molecule has 1 aromatic carbocycles. The highest BCUT2D eigenvalue weighted by Gasteiger charge is 2.13. The predicted octanol–water partition coefficient (Wildman–Crippen LogP) is 1.46. The van der Waals surface area contributed by atoms with Gasteiger partial charge in [-0.15, -0.1) is 0 Å². The fraction of sp³-hybridized carbons (Fsp3) is 0. The predicted molar refractivity (Wildman–Crippen MR) is 68.4 cm³/mol. The van der Waals surface area contributed by atoms with Gasteiger partial charge in [-0.05, 0) is 18.2 Å². The van der Waals surface area contributed by atoms with Crippen molar-refractivity contribution in [1.29, 1.82) is 0 Å². The van der Waals surface area contributed by atoms with E-state index in [2.05, 4.69) is 10.3 Å².